The molecule has 0 radical (unpaired) electrons. The lowest BCUT2D eigenvalue weighted by Gasteiger charge is -2.29. The molecule has 4 rings (SSSR count). The van der Waals surface area contributed by atoms with Crippen LogP contribution in [0.3, 0.4) is 0 Å². The molecule has 0 spiro atoms. The SMILES string of the molecule is Cc1cn2c(-c3nc(N)c(F)c(NC4=CC(C)(F)C(OC(F)F)C=C4)n3)c(C)nc2c(C)n1. The molecule has 12 heteroatoms. The van der Waals surface area contributed by atoms with Crippen molar-refractivity contribution in [3.05, 3.63) is 53.0 Å². The summed E-state index contributed by atoms with van der Waals surface area (Å²) in [5, 5.41) is 2.66. The molecule has 3 aromatic heterocycles. The van der Waals surface area contributed by atoms with Crippen molar-refractivity contribution in [2.45, 2.75) is 46.1 Å². The summed E-state index contributed by atoms with van der Waals surface area (Å²) in [6, 6.07) is 0. The highest BCUT2D eigenvalue weighted by Crippen LogP contribution is 2.32. The Morgan fingerprint density at radius 2 is 1.88 bits per heavy atom. The highest BCUT2D eigenvalue weighted by atomic mass is 19.3. The van der Waals surface area contributed by atoms with Gasteiger partial charge in [-0.2, -0.15) is 13.2 Å². The fourth-order valence-corrected chi connectivity index (χ4v) is 3.70. The fraction of sp³-hybridized carbons (Fsp3) is 0.333. The van der Waals surface area contributed by atoms with E-state index in [1.54, 1.807) is 17.5 Å². The number of alkyl halides is 3. The number of aryl methyl sites for hydroxylation is 3. The van der Waals surface area contributed by atoms with Gasteiger partial charge >= 0.3 is 6.61 Å². The van der Waals surface area contributed by atoms with Gasteiger partial charge in [0.25, 0.3) is 0 Å². The summed E-state index contributed by atoms with van der Waals surface area (Å²) in [4.78, 5) is 17.2. The van der Waals surface area contributed by atoms with Crippen LogP contribution in [0.15, 0.2) is 30.1 Å². The second-order valence-electron chi connectivity index (χ2n) is 7.85. The third-order valence-electron chi connectivity index (χ3n) is 5.11. The lowest BCUT2D eigenvalue weighted by molar-refractivity contribution is -0.173. The number of nitrogens with one attached hydrogen (secondary N) is 1. The molecule has 3 aromatic rings. The smallest absolute Gasteiger partial charge is 0.345 e. The molecule has 3 N–H and O–H groups in total. The predicted molar refractivity (Wildman–Crippen MR) is 114 cm³/mol. The van der Waals surface area contributed by atoms with Crippen LogP contribution >= 0.6 is 0 Å². The van der Waals surface area contributed by atoms with E-state index >= 15 is 0 Å². The Labute approximate surface area is 186 Å². The van der Waals surface area contributed by atoms with Gasteiger partial charge in [0, 0.05) is 11.9 Å². The van der Waals surface area contributed by atoms with Gasteiger partial charge in [0.15, 0.2) is 28.8 Å². The molecule has 8 nitrogen and oxygen atoms in total. The molecule has 0 aliphatic heterocycles. The average molecular weight is 463 g/mol. The molecule has 174 valence electrons. The van der Waals surface area contributed by atoms with Crippen LogP contribution < -0.4 is 11.1 Å². The van der Waals surface area contributed by atoms with Gasteiger partial charge in [0.1, 0.15) is 11.8 Å². The number of anilines is 2. The van der Waals surface area contributed by atoms with Crippen molar-refractivity contribution in [3.8, 4) is 11.5 Å². The number of fused-ring (bicyclic) bond motifs is 1. The van der Waals surface area contributed by atoms with Crippen LogP contribution in [-0.2, 0) is 4.74 Å². The largest absolute Gasteiger partial charge is 0.381 e. The Hall–Kier alpha value is -3.54. The van der Waals surface area contributed by atoms with Gasteiger partial charge in [-0.25, -0.2) is 19.3 Å². The van der Waals surface area contributed by atoms with Crippen LogP contribution in [-0.4, -0.2) is 42.7 Å². The maximum Gasteiger partial charge on any atom is 0.345 e. The summed E-state index contributed by atoms with van der Waals surface area (Å²) >= 11 is 0. The van der Waals surface area contributed by atoms with Crippen molar-refractivity contribution in [3.63, 3.8) is 0 Å². The first-order valence-corrected chi connectivity index (χ1v) is 9.93. The van der Waals surface area contributed by atoms with Gasteiger partial charge < -0.3 is 15.8 Å². The Bertz CT molecular complexity index is 1300. The quantitative estimate of drug-likeness (QED) is 0.551. The van der Waals surface area contributed by atoms with Gasteiger partial charge in [0.05, 0.1) is 17.1 Å². The van der Waals surface area contributed by atoms with Gasteiger partial charge in [-0.05, 0) is 39.8 Å². The number of ether oxygens (including phenoxy) is 1. The number of halogens is 4. The van der Waals surface area contributed by atoms with E-state index in [1.165, 1.54) is 6.08 Å². The number of hydrogen-bond donors (Lipinski definition) is 2. The molecule has 2 atom stereocenters. The highest BCUT2D eigenvalue weighted by Gasteiger charge is 2.36. The van der Waals surface area contributed by atoms with Gasteiger partial charge in [-0.1, -0.05) is 6.08 Å². The van der Waals surface area contributed by atoms with Crippen LogP contribution in [0, 0.1) is 26.6 Å². The molecule has 1 aliphatic carbocycles. The molecule has 2 unspecified atom stereocenters. The number of nitrogens with two attached hydrogens (primary N) is 1. The van der Waals surface area contributed by atoms with Crippen LogP contribution in [0.25, 0.3) is 17.2 Å². The Morgan fingerprint density at radius 1 is 1.15 bits per heavy atom. The van der Waals surface area contributed by atoms with Crippen molar-refractivity contribution < 1.29 is 22.3 Å². The molecule has 33 heavy (non-hydrogen) atoms. The molecule has 0 saturated heterocycles. The van der Waals surface area contributed by atoms with Crippen LogP contribution in [0.4, 0.5) is 29.2 Å². The van der Waals surface area contributed by atoms with E-state index in [1.807, 2.05) is 13.8 Å². The molecule has 0 aromatic carbocycles. The maximum absolute atomic E-state index is 14.8. The molecule has 0 amide bonds. The summed E-state index contributed by atoms with van der Waals surface area (Å²) in [6.45, 7) is 3.31. The Balaban J connectivity index is 1.75. The normalized spacial score (nSPS) is 20.5. The highest BCUT2D eigenvalue weighted by molar-refractivity contribution is 5.66. The zero-order valence-corrected chi connectivity index (χ0v) is 18.2. The molecular weight excluding hydrogens is 442 g/mol. The number of aromatic nitrogens is 5. The van der Waals surface area contributed by atoms with Gasteiger partial charge in [-0.3, -0.25) is 9.38 Å². The van der Waals surface area contributed by atoms with Crippen molar-refractivity contribution >= 4 is 17.3 Å². The van der Waals surface area contributed by atoms with Gasteiger partial charge in [-0.15, -0.1) is 0 Å². The van der Waals surface area contributed by atoms with E-state index < -0.39 is 30.0 Å². The lowest BCUT2D eigenvalue weighted by atomic mass is 9.94. The zero-order chi connectivity index (χ0) is 24.1. The van der Waals surface area contributed by atoms with E-state index in [2.05, 4.69) is 30.0 Å². The standard InChI is InChI=1S/C21H21F4N7O/c1-9-8-32-15(10(2)28-19(32)11(3)27-9)18-30-16(26)14(22)17(31-18)29-12-5-6-13(33-20(23)24)21(4,25)7-12/h5-8,13,20H,1-4H3,(H3,26,29,30,31). The molecule has 0 bridgehead atoms. The van der Waals surface area contributed by atoms with Crippen molar-refractivity contribution in [1.82, 2.24) is 24.3 Å². The number of rotatable bonds is 5. The fourth-order valence-electron chi connectivity index (χ4n) is 3.70. The summed E-state index contributed by atoms with van der Waals surface area (Å²) in [7, 11) is 0. The van der Waals surface area contributed by atoms with E-state index in [-0.39, 0.29) is 17.3 Å². The molecule has 3 heterocycles. The molecule has 1 aliphatic rings. The monoisotopic (exact) mass is 463 g/mol. The third kappa shape index (κ3) is 4.25. The van der Waals surface area contributed by atoms with Crippen molar-refractivity contribution in [2.24, 2.45) is 0 Å². The van der Waals surface area contributed by atoms with E-state index in [0.717, 1.165) is 24.8 Å². The first kappa shape index (κ1) is 22.6. The van der Waals surface area contributed by atoms with Crippen LogP contribution in [0.5, 0.6) is 0 Å². The number of nitrogens with zero attached hydrogens (tertiary/aromatic N) is 5. The second-order valence-corrected chi connectivity index (χ2v) is 7.85. The summed E-state index contributed by atoms with van der Waals surface area (Å²) in [5.41, 5.74) is 6.68. The number of nitrogen functional groups attached to an aromatic ring is 1. The van der Waals surface area contributed by atoms with Crippen molar-refractivity contribution in [2.75, 3.05) is 11.1 Å². The Morgan fingerprint density at radius 3 is 2.55 bits per heavy atom. The Kier molecular flexibility index (Phi) is 5.56. The topological polar surface area (TPSA) is 103 Å². The first-order valence-electron chi connectivity index (χ1n) is 9.93. The number of hydrogen-bond acceptors (Lipinski definition) is 7. The van der Waals surface area contributed by atoms with Gasteiger partial charge in [0.2, 0.25) is 5.82 Å². The summed E-state index contributed by atoms with van der Waals surface area (Å²) in [5.74, 6) is -1.59. The molecular formula is C21H21F4N7O. The van der Waals surface area contributed by atoms with E-state index in [4.69, 9.17) is 5.73 Å². The molecule has 0 saturated carbocycles. The van der Waals surface area contributed by atoms with Crippen LogP contribution in [0.2, 0.25) is 0 Å². The zero-order valence-electron chi connectivity index (χ0n) is 18.2. The minimum Gasteiger partial charge on any atom is -0.381 e. The minimum absolute atomic E-state index is 0.0859. The van der Waals surface area contributed by atoms with Crippen molar-refractivity contribution in [1.29, 1.82) is 0 Å². The predicted octanol–water partition coefficient (Wildman–Crippen LogP) is 4.03. The average Bonchev–Trinajstić information content (AvgIpc) is 3.03. The maximum atomic E-state index is 14.8. The summed E-state index contributed by atoms with van der Waals surface area (Å²) < 4.78 is 60.7. The number of imidazole rings is 1. The second kappa shape index (κ2) is 8.10. The van der Waals surface area contributed by atoms with Crippen LogP contribution in [0.1, 0.15) is 24.0 Å². The summed E-state index contributed by atoms with van der Waals surface area (Å²) in [6.07, 6.45) is 3.67. The molecule has 0 fully saturated rings. The first-order chi connectivity index (χ1) is 15.5. The van der Waals surface area contributed by atoms with E-state index in [0.29, 0.717) is 22.7 Å². The number of allylic oxidation sites excluding steroid dienone is 1. The third-order valence-corrected chi connectivity index (χ3v) is 5.11. The lowest BCUT2D eigenvalue weighted by Crippen LogP contribution is -2.37. The minimum atomic E-state index is -3.14. The van der Waals surface area contributed by atoms with E-state index in [9.17, 15) is 17.6 Å².